The van der Waals surface area contributed by atoms with Crippen LogP contribution in [-0.2, 0) is 6.18 Å². The number of ether oxygens (including phenoxy) is 1. The highest BCUT2D eigenvalue weighted by atomic mass is 35.5. The first-order chi connectivity index (χ1) is 17.5. The van der Waals surface area contributed by atoms with Crippen molar-refractivity contribution in [3.63, 3.8) is 0 Å². The number of hydrogen-bond acceptors (Lipinski definition) is 5. The zero-order valence-corrected chi connectivity index (χ0v) is 20.4. The number of alkyl halides is 3. The van der Waals surface area contributed by atoms with E-state index in [0.717, 1.165) is 12.1 Å². The largest absolute Gasteiger partial charge is 0.489 e. The van der Waals surface area contributed by atoms with Crippen molar-refractivity contribution in [2.24, 2.45) is 0 Å². The predicted octanol–water partition coefficient (Wildman–Crippen LogP) is 5.60. The molecular weight excluding hydrogens is 511 g/mol. The predicted molar refractivity (Wildman–Crippen MR) is 131 cm³/mol. The van der Waals surface area contributed by atoms with Gasteiger partial charge < -0.3 is 20.1 Å². The third-order valence-corrected chi connectivity index (χ3v) is 6.20. The number of nitrogens with one attached hydrogen (secondary N) is 1. The van der Waals surface area contributed by atoms with Gasteiger partial charge in [-0.3, -0.25) is 4.79 Å². The lowest BCUT2D eigenvalue weighted by Gasteiger charge is -2.22. The maximum Gasteiger partial charge on any atom is 0.416 e. The molecule has 7 nitrogen and oxygen atoms in total. The van der Waals surface area contributed by atoms with Crippen molar-refractivity contribution in [1.82, 2.24) is 10.3 Å². The van der Waals surface area contributed by atoms with Crippen LogP contribution in [0.3, 0.4) is 0 Å². The Morgan fingerprint density at radius 2 is 1.92 bits per heavy atom. The lowest BCUT2D eigenvalue weighted by atomic mass is 10.1. The fourth-order valence-corrected chi connectivity index (χ4v) is 4.24. The van der Waals surface area contributed by atoms with Gasteiger partial charge in [0.25, 0.3) is 5.91 Å². The number of carboxylic acid groups (broad SMARTS) is 1. The summed E-state index contributed by atoms with van der Waals surface area (Å²) >= 11 is 6.12. The zero-order valence-electron chi connectivity index (χ0n) is 19.6. The molecule has 11 heteroatoms. The number of halogens is 4. The van der Waals surface area contributed by atoms with Gasteiger partial charge in [0.05, 0.1) is 34.3 Å². The molecule has 0 radical (unpaired) electrons. The summed E-state index contributed by atoms with van der Waals surface area (Å²) in [6.07, 6.45) is -2.92. The lowest BCUT2D eigenvalue weighted by Crippen LogP contribution is -2.31. The van der Waals surface area contributed by atoms with E-state index in [2.05, 4.69) is 10.3 Å². The highest BCUT2D eigenvalue weighted by Gasteiger charge is 2.32. The van der Waals surface area contributed by atoms with Crippen LogP contribution in [0, 0.1) is 0 Å². The van der Waals surface area contributed by atoms with E-state index >= 15 is 0 Å². The third kappa shape index (κ3) is 6.32. The van der Waals surface area contributed by atoms with Crippen molar-refractivity contribution < 1.29 is 32.6 Å². The summed E-state index contributed by atoms with van der Waals surface area (Å²) in [5.41, 5.74) is 0.302. The number of rotatable bonds is 7. The second-order valence-corrected chi connectivity index (χ2v) is 9.08. The number of nitrogens with zero attached hydrogens (tertiary/aromatic N) is 2. The molecule has 1 fully saturated rings. The van der Waals surface area contributed by atoms with Crippen LogP contribution < -0.4 is 15.0 Å². The normalized spacial score (nSPS) is 16.4. The average Bonchev–Trinajstić information content (AvgIpc) is 3.31. The number of amides is 1. The first kappa shape index (κ1) is 26.3. The summed E-state index contributed by atoms with van der Waals surface area (Å²) in [4.78, 5) is 30.4. The minimum absolute atomic E-state index is 0.117. The molecule has 1 aliphatic heterocycles. The van der Waals surface area contributed by atoms with Gasteiger partial charge in [0.2, 0.25) is 0 Å². The Morgan fingerprint density at radius 3 is 2.59 bits per heavy atom. The number of hydrogen-bond donors (Lipinski definition) is 2. The smallest absolute Gasteiger partial charge is 0.416 e. The Kier molecular flexibility index (Phi) is 7.58. The molecule has 2 heterocycles. The number of carbonyl (C=O) groups is 2. The summed E-state index contributed by atoms with van der Waals surface area (Å²) in [5, 5.41) is 12.2. The van der Waals surface area contributed by atoms with Crippen LogP contribution >= 0.6 is 11.6 Å². The minimum Gasteiger partial charge on any atom is -0.489 e. The molecule has 1 aromatic heterocycles. The van der Waals surface area contributed by atoms with Gasteiger partial charge in [-0.2, -0.15) is 13.2 Å². The van der Waals surface area contributed by atoms with Gasteiger partial charge in [-0.05, 0) is 48.9 Å². The summed E-state index contributed by atoms with van der Waals surface area (Å²) < 4.78 is 44.9. The molecule has 2 atom stereocenters. The molecular formula is C26H23ClF3N3O4. The molecule has 1 amide bonds. The molecule has 2 aromatic carbocycles. The van der Waals surface area contributed by atoms with E-state index in [0.29, 0.717) is 30.9 Å². The molecule has 194 valence electrons. The Hall–Kier alpha value is -3.79. The van der Waals surface area contributed by atoms with E-state index in [9.17, 15) is 22.8 Å². The van der Waals surface area contributed by atoms with Crippen LogP contribution in [0.25, 0.3) is 0 Å². The Morgan fingerprint density at radius 1 is 1.19 bits per heavy atom. The highest BCUT2D eigenvalue weighted by molar-refractivity contribution is 6.31. The van der Waals surface area contributed by atoms with Crippen LogP contribution in [0.2, 0.25) is 5.02 Å². The van der Waals surface area contributed by atoms with E-state index in [1.54, 1.807) is 19.1 Å². The molecule has 0 aliphatic carbocycles. The molecule has 0 bridgehead atoms. The van der Waals surface area contributed by atoms with Crippen LogP contribution in [0.1, 0.15) is 51.2 Å². The second-order valence-electron chi connectivity index (χ2n) is 8.65. The van der Waals surface area contributed by atoms with Crippen molar-refractivity contribution in [3.05, 3.63) is 88.1 Å². The minimum atomic E-state index is -4.47. The molecule has 4 rings (SSSR count). The maximum absolute atomic E-state index is 13.2. The molecule has 37 heavy (non-hydrogen) atoms. The number of aromatic carboxylic acids is 1. The van der Waals surface area contributed by atoms with Gasteiger partial charge in [0, 0.05) is 19.2 Å². The van der Waals surface area contributed by atoms with Crippen LogP contribution in [-0.4, -0.2) is 41.2 Å². The topological polar surface area (TPSA) is 91.8 Å². The van der Waals surface area contributed by atoms with Crippen LogP contribution in [0.4, 0.5) is 19.0 Å². The monoisotopic (exact) mass is 533 g/mol. The standard InChI is InChI=1S/C26H23ClF3N3O4/c1-15(16-5-7-17(8-6-16)25(35)36)32-24(34)22-12-19(27)13-31-23(22)33-10-9-21(14-33)37-20-4-2-3-18(11-20)26(28,29)30/h2-8,11-13,15,21H,9-10,14H2,1H3,(H,32,34)(H,35,36)/t15-,21?/m0/s1. The molecule has 3 aromatic rings. The lowest BCUT2D eigenvalue weighted by molar-refractivity contribution is -0.137. The van der Waals surface area contributed by atoms with Crippen molar-refractivity contribution in [2.45, 2.75) is 31.7 Å². The van der Waals surface area contributed by atoms with Crippen molar-refractivity contribution in [1.29, 1.82) is 0 Å². The van der Waals surface area contributed by atoms with Gasteiger partial charge in [-0.1, -0.05) is 29.8 Å². The van der Waals surface area contributed by atoms with Crippen LogP contribution in [0.15, 0.2) is 60.8 Å². The van der Waals surface area contributed by atoms with Crippen LogP contribution in [0.5, 0.6) is 5.75 Å². The third-order valence-electron chi connectivity index (χ3n) is 5.99. The van der Waals surface area contributed by atoms with E-state index in [-0.39, 0.29) is 21.9 Å². The average molecular weight is 534 g/mol. The number of anilines is 1. The SMILES string of the molecule is C[C@H](NC(=O)c1cc(Cl)cnc1N1CCC(Oc2cccc(C(F)(F)F)c2)C1)c1ccc(C(=O)O)cc1. The number of pyridine rings is 1. The first-order valence-electron chi connectivity index (χ1n) is 11.4. The maximum atomic E-state index is 13.2. The van der Waals surface area contributed by atoms with Gasteiger partial charge in [-0.15, -0.1) is 0 Å². The fourth-order valence-electron chi connectivity index (χ4n) is 4.08. The molecule has 1 unspecified atom stereocenters. The van der Waals surface area contributed by atoms with Gasteiger partial charge in [0.15, 0.2) is 0 Å². The number of benzene rings is 2. The second kappa shape index (κ2) is 10.7. The number of carboxylic acids is 1. The van der Waals surface area contributed by atoms with E-state index in [1.807, 2.05) is 4.90 Å². The molecule has 2 N–H and O–H groups in total. The molecule has 0 spiro atoms. The van der Waals surface area contributed by atoms with Crippen molar-refractivity contribution >= 4 is 29.3 Å². The summed E-state index contributed by atoms with van der Waals surface area (Å²) in [5.74, 6) is -0.974. The highest BCUT2D eigenvalue weighted by Crippen LogP contribution is 2.33. The van der Waals surface area contributed by atoms with Gasteiger partial charge in [-0.25, -0.2) is 9.78 Å². The Balaban J connectivity index is 1.46. The van der Waals surface area contributed by atoms with E-state index in [1.165, 1.54) is 36.5 Å². The zero-order chi connectivity index (χ0) is 26.7. The number of carbonyl (C=O) groups excluding carboxylic acids is 1. The molecule has 1 aliphatic rings. The number of aromatic nitrogens is 1. The Labute approximate surface area is 215 Å². The summed E-state index contributed by atoms with van der Waals surface area (Å²) in [7, 11) is 0. The van der Waals surface area contributed by atoms with E-state index in [4.69, 9.17) is 21.4 Å². The summed E-state index contributed by atoms with van der Waals surface area (Å²) in [6.45, 7) is 2.56. The first-order valence-corrected chi connectivity index (χ1v) is 11.8. The van der Waals surface area contributed by atoms with Gasteiger partial charge >= 0.3 is 12.1 Å². The quantitative estimate of drug-likeness (QED) is 0.411. The Bertz CT molecular complexity index is 1300. The molecule has 0 saturated carbocycles. The van der Waals surface area contributed by atoms with E-state index < -0.39 is 35.8 Å². The van der Waals surface area contributed by atoms with Gasteiger partial charge in [0.1, 0.15) is 17.7 Å². The van der Waals surface area contributed by atoms with Crippen molar-refractivity contribution in [3.8, 4) is 5.75 Å². The fraction of sp³-hybridized carbons (Fsp3) is 0.269. The van der Waals surface area contributed by atoms with Crippen molar-refractivity contribution in [2.75, 3.05) is 18.0 Å². The molecule has 1 saturated heterocycles. The summed E-state index contributed by atoms with van der Waals surface area (Å²) in [6, 6.07) is 12.0.